The minimum atomic E-state index is -1.04. The Kier molecular flexibility index (Phi) is 2.40. The second kappa shape index (κ2) is 3.32. The van der Waals surface area contributed by atoms with Crippen molar-refractivity contribution in [3.63, 3.8) is 0 Å². The van der Waals surface area contributed by atoms with E-state index in [9.17, 15) is 4.79 Å². The van der Waals surface area contributed by atoms with Crippen molar-refractivity contribution in [3.05, 3.63) is 29.6 Å². The van der Waals surface area contributed by atoms with Gasteiger partial charge in [-0.15, -0.1) is 0 Å². The van der Waals surface area contributed by atoms with Gasteiger partial charge in [0, 0.05) is 17.5 Å². The van der Waals surface area contributed by atoms with E-state index in [1.54, 1.807) is 25.3 Å². The number of nitrogens with zero attached hydrogens (tertiary/aromatic N) is 1. The molecule has 0 fully saturated rings. The largest absolute Gasteiger partial charge is 0.480 e. The quantitative estimate of drug-likeness (QED) is 0.669. The number of aliphatic carboxylic acids is 1. The molecule has 1 atom stereocenters. The highest BCUT2D eigenvalue weighted by molar-refractivity contribution is 5.75. The molecule has 0 spiro atoms. The standard InChI is InChI=1S/C8H10N2O2/c1-5-6(3-2-4-10-5)7(9)8(11)12/h2-4,7H,9H2,1H3,(H,11,12)/t7-/m0/s1. The van der Waals surface area contributed by atoms with Crippen LogP contribution in [0.2, 0.25) is 0 Å². The van der Waals surface area contributed by atoms with Crippen LogP contribution in [0.15, 0.2) is 18.3 Å². The van der Waals surface area contributed by atoms with Crippen LogP contribution in [-0.2, 0) is 4.79 Å². The van der Waals surface area contributed by atoms with E-state index in [1.807, 2.05) is 0 Å². The Labute approximate surface area is 70.0 Å². The van der Waals surface area contributed by atoms with Crippen molar-refractivity contribution in [2.45, 2.75) is 13.0 Å². The first-order valence-electron chi connectivity index (χ1n) is 3.53. The maximum atomic E-state index is 10.5. The molecule has 0 aliphatic rings. The normalized spacial score (nSPS) is 12.5. The highest BCUT2D eigenvalue weighted by atomic mass is 16.4. The van der Waals surface area contributed by atoms with E-state index in [-0.39, 0.29) is 0 Å². The van der Waals surface area contributed by atoms with Crippen LogP contribution >= 0.6 is 0 Å². The Morgan fingerprint density at radius 3 is 2.92 bits per heavy atom. The predicted molar refractivity (Wildman–Crippen MR) is 43.5 cm³/mol. The Bertz CT molecular complexity index is 299. The fourth-order valence-electron chi connectivity index (χ4n) is 0.958. The summed E-state index contributed by atoms with van der Waals surface area (Å²) in [6.07, 6.45) is 1.60. The van der Waals surface area contributed by atoms with Crippen molar-refractivity contribution in [2.75, 3.05) is 0 Å². The molecule has 64 valence electrons. The maximum Gasteiger partial charge on any atom is 0.325 e. The van der Waals surface area contributed by atoms with Crippen LogP contribution in [0, 0.1) is 6.92 Å². The van der Waals surface area contributed by atoms with Gasteiger partial charge in [0.25, 0.3) is 0 Å². The summed E-state index contributed by atoms with van der Waals surface area (Å²) < 4.78 is 0. The number of carboxylic acid groups (broad SMARTS) is 1. The van der Waals surface area contributed by atoms with Gasteiger partial charge in [0.05, 0.1) is 0 Å². The molecule has 0 bridgehead atoms. The summed E-state index contributed by atoms with van der Waals surface area (Å²) in [7, 11) is 0. The lowest BCUT2D eigenvalue weighted by Gasteiger charge is -2.07. The van der Waals surface area contributed by atoms with Crippen molar-refractivity contribution in [1.29, 1.82) is 0 Å². The summed E-state index contributed by atoms with van der Waals surface area (Å²) in [5.74, 6) is -1.04. The molecule has 0 amide bonds. The van der Waals surface area contributed by atoms with Crippen molar-refractivity contribution < 1.29 is 9.90 Å². The summed E-state index contributed by atoms with van der Waals surface area (Å²) in [5, 5.41) is 8.61. The Balaban J connectivity index is 3.02. The van der Waals surface area contributed by atoms with Gasteiger partial charge in [-0.1, -0.05) is 6.07 Å². The van der Waals surface area contributed by atoms with Crippen LogP contribution in [0.4, 0.5) is 0 Å². The smallest absolute Gasteiger partial charge is 0.325 e. The Morgan fingerprint density at radius 1 is 1.75 bits per heavy atom. The van der Waals surface area contributed by atoms with Gasteiger partial charge >= 0.3 is 5.97 Å². The van der Waals surface area contributed by atoms with Crippen molar-refractivity contribution >= 4 is 5.97 Å². The summed E-state index contributed by atoms with van der Waals surface area (Å²) in [5.41, 5.74) is 6.62. The van der Waals surface area contributed by atoms with E-state index < -0.39 is 12.0 Å². The van der Waals surface area contributed by atoms with E-state index in [0.717, 1.165) is 0 Å². The Morgan fingerprint density at radius 2 is 2.42 bits per heavy atom. The molecular weight excluding hydrogens is 156 g/mol. The lowest BCUT2D eigenvalue weighted by Crippen LogP contribution is -2.21. The van der Waals surface area contributed by atoms with Gasteiger partial charge in [-0.05, 0) is 13.0 Å². The molecule has 0 saturated carbocycles. The number of carboxylic acids is 1. The molecule has 0 saturated heterocycles. The predicted octanol–water partition coefficient (Wildman–Crippen LogP) is 0.474. The minimum Gasteiger partial charge on any atom is -0.480 e. The van der Waals surface area contributed by atoms with Crippen LogP contribution in [0.3, 0.4) is 0 Å². The first-order chi connectivity index (χ1) is 5.63. The first-order valence-corrected chi connectivity index (χ1v) is 3.53. The van der Waals surface area contributed by atoms with Crippen LogP contribution in [-0.4, -0.2) is 16.1 Å². The van der Waals surface area contributed by atoms with Crippen molar-refractivity contribution in [3.8, 4) is 0 Å². The molecule has 1 aromatic rings. The fraction of sp³-hybridized carbons (Fsp3) is 0.250. The minimum absolute atomic E-state index is 0.560. The van der Waals surface area contributed by atoms with E-state index >= 15 is 0 Å². The third kappa shape index (κ3) is 1.60. The fourth-order valence-corrected chi connectivity index (χ4v) is 0.958. The molecule has 1 aromatic heterocycles. The average molecular weight is 166 g/mol. The van der Waals surface area contributed by atoms with E-state index in [1.165, 1.54) is 0 Å². The number of hydrogen-bond donors (Lipinski definition) is 2. The third-order valence-corrected chi connectivity index (χ3v) is 1.65. The molecule has 12 heavy (non-hydrogen) atoms. The second-order valence-corrected chi connectivity index (χ2v) is 2.49. The topological polar surface area (TPSA) is 76.2 Å². The van der Waals surface area contributed by atoms with Gasteiger partial charge < -0.3 is 10.8 Å². The molecule has 1 heterocycles. The monoisotopic (exact) mass is 166 g/mol. The lowest BCUT2D eigenvalue weighted by molar-refractivity contribution is -0.138. The number of pyridine rings is 1. The highest BCUT2D eigenvalue weighted by Crippen LogP contribution is 2.12. The third-order valence-electron chi connectivity index (χ3n) is 1.65. The molecule has 4 nitrogen and oxygen atoms in total. The zero-order valence-corrected chi connectivity index (χ0v) is 6.69. The lowest BCUT2D eigenvalue weighted by atomic mass is 10.1. The molecule has 0 aliphatic carbocycles. The zero-order valence-electron chi connectivity index (χ0n) is 6.69. The summed E-state index contributed by atoms with van der Waals surface area (Å²) >= 11 is 0. The van der Waals surface area contributed by atoms with E-state index in [0.29, 0.717) is 11.3 Å². The SMILES string of the molecule is Cc1ncccc1[C@H](N)C(=O)O. The number of nitrogens with two attached hydrogens (primary N) is 1. The van der Waals surface area contributed by atoms with Crippen LogP contribution < -0.4 is 5.73 Å². The van der Waals surface area contributed by atoms with Crippen LogP contribution in [0.25, 0.3) is 0 Å². The van der Waals surface area contributed by atoms with Gasteiger partial charge in [0.2, 0.25) is 0 Å². The summed E-state index contributed by atoms with van der Waals surface area (Å²) in [4.78, 5) is 14.4. The second-order valence-electron chi connectivity index (χ2n) is 2.49. The summed E-state index contributed by atoms with van der Waals surface area (Å²) in [6.45, 7) is 1.73. The average Bonchev–Trinajstić information content (AvgIpc) is 2.04. The number of hydrogen-bond acceptors (Lipinski definition) is 3. The van der Waals surface area contributed by atoms with E-state index in [2.05, 4.69) is 4.98 Å². The van der Waals surface area contributed by atoms with Gasteiger partial charge in [-0.25, -0.2) is 0 Å². The first kappa shape index (κ1) is 8.67. The number of rotatable bonds is 2. The molecule has 0 aliphatic heterocycles. The van der Waals surface area contributed by atoms with Crippen molar-refractivity contribution in [1.82, 2.24) is 4.98 Å². The highest BCUT2D eigenvalue weighted by Gasteiger charge is 2.15. The Hall–Kier alpha value is -1.42. The number of aryl methyl sites for hydroxylation is 1. The molecule has 0 aromatic carbocycles. The number of aromatic nitrogens is 1. The zero-order chi connectivity index (χ0) is 9.14. The van der Waals surface area contributed by atoms with Gasteiger partial charge in [-0.2, -0.15) is 0 Å². The van der Waals surface area contributed by atoms with Gasteiger partial charge in [-0.3, -0.25) is 9.78 Å². The molecule has 3 N–H and O–H groups in total. The van der Waals surface area contributed by atoms with Gasteiger partial charge in [0.15, 0.2) is 0 Å². The number of carbonyl (C=O) groups is 1. The summed E-state index contributed by atoms with van der Waals surface area (Å²) in [6, 6.07) is 2.37. The molecule has 1 rings (SSSR count). The molecule has 4 heteroatoms. The van der Waals surface area contributed by atoms with Gasteiger partial charge in [0.1, 0.15) is 6.04 Å². The maximum absolute atomic E-state index is 10.5. The molecular formula is C8H10N2O2. The van der Waals surface area contributed by atoms with Crippen LogP contribution in [0.5, 0.6) is 0 Å². The van der Waals surface area contributed by atoms with Crippen molar-refractivity contribution in [2.24, 2.45) is 5.73 Å². The van der Waals surface area contributed by atoms with Crippen LogP contribution in [0.1, 0.15) is 17.3 Å². The molecule has 0 radical (unpaired) electrons. The molecule has 0 unspecified atom stereocenters. The van der Waals surface area contributed by atoms with E-state index in [4.69, 9.17) is 10.8 Å².